The van der Waals surface area contributed by atoms with E-state index in [0.29, 0.717) is 31.2 Å². The van der Waals surface area contributed by atoms with Gasteiger partial charge < -0.3 is 20.7 Å². The summed E-state index contributed by atoms with van der Waals surface area (Å²) >= 11 is 0. The van der Waals surface area contributed by atoms with Gasteiger partial charge in [-0.05, 0) is 41.8 Å². The molecule has 0 aromatic heterocycles. The Morgan fingerprint density at radius 3 is 2.31 bits per heavy atom. The fourth-order valence-electron chi connectivity index (χ4n) is 2.45. The maximum absolute atomic E-state index is 13.3. The van der Waals surface area contributed by atoms with E-state index in [4.69, 9.17) is 4.74 Å². The van der Waals surface area contributed by atoms with E-state index in [1.807, 2.05) is 18.2 Å². The lowest BCUT2D eigenvalue weighted by Crippen LogP contribution is -2.36. The molecule has 140 valence electrons. The van der Waals surface area contributed by atoms with E-state index >= 15 is 0 Å². The smallest absolute Gasteiger partial charge is 0.191 e. The van der Waals surface area contributed by atoms with Crippen LogP contribution in [0.3, 0.4) is 0 Å². The molecule has 26 heavy (non-hydrogen) atoms. The molecule has 2 aromatic carbocycles. The molecule has 0 bridgehead atoms. The minimum Gasteiger partial charge on any atom is -0.383 e. The molecule has 0 fully saturated rings. The topological polar surface area (TPSA) is 57.7 Å². The summed E-state index contributed by atoms with van der Waals surface area (Å²) in [5, 5.41) is 9.80. The van der Waals surface area contributed by atoms with Gasteiger partial charge in [0, 0.05) is 39.5 Å². The number of hydrogen-bond donors (Lipinski definition) is 3. The number of halogens is 1. The summed E-state index contributed by atoms with van der Waals surface area (Å²) in [7, 11) is 3.42. The van der Waals surface area contributed by atoms with Crippen molar-refractivity contribution in [3.63, 3.8) is 0 Å². The summed E-state index contributed by atoms with van der Waals surface area (Å²) in [5.74, 6) is 0.519. The van der Waals surface area contributed by atoms with Gasteiger partial charge in [-0.1, -0.05) is 24.3 Å². The lowest BCUT2D eigenvalue weighted by molar-refractivity contribution is 0.211. The third-order valence-electron chi connectivity index (χ3n) is 3.96. The Morgan fingerprint density at radius 1 is 1.04 bits per heavy atom. The highest BCUT2D eigenvalue weighted by Gasteiger charge is 2.02. The number of hydrogen-bond acceptors (Lipinski definition) is 3. The fourth-order valence-corrected chi connectivity index (χ4v) is 2.45. The monoisotopic (exact) mass is 358 g/mol. The number of ether oxygens (including phenoxy) is 1. The van der Waals surface area contributed by atoms with Crippen molar-refractivity contribution < 1.29 is 9.13 Å². The normalized spacial score (nSPS) is 11.3. The Labute approximate surface area is 154 Å². The van der Waals surface area contributed by atoms with Crippen molar-refractivity contribution in [2.24, 2.45) is 4.99 Å². The van der Waals surface area contributed by atoms with E-state index in [9.17, 15) is 4.39 Å². The van der Waals surface area contributed by atoms with Gasteiger partial charge in [-0.25, -0.2) is 4.39 Å². The highest BCUT2D eigenvalue weighted by Crippen LogP contribution is 2.10. The second kappa shape index (κ2) is 10.4. The molecule has 0 aliphatic rings. The number of guanidine groups is 1. The Morgan fingerprint density at radius 2 is 1.69 bits per heavy atom. The number of nitrogens with zero attached hydrogens (tertiary/aromatic N) is 1. The van der Waals surface area contributed by atoms with E-state index in [1.54, 1.807) is 27.1 Å². The van der Waals surface area contributed by atoms with Gasteiger partial charge in [0.1, 0.15) is 5.82 Å². The molecule has 0 saturated carbocycles. The van der Waals surface area contributed by atoms with Crippen LogP contribution in [-0.2, 0) is 17.8 Å². The molecule has 6 heteroatoms. The zero-order valence-corrected chi connectivity index (χ0v) is 15.6. The van der Waals surface area contributed by atoms with Gasteiger partial charge in [0.2, 0.25) is 0 Å². The molecule has 0 atom stereocenters. The molecular weight excluding hydrogens is 331 g/mol. The number of rotatable bonds is 8. The second-order valence-corrected chi connectivity index (χ2v) is 5.98. The standard InChI is InChI=1S/C20H27FN4O/c1-15-12-17(6-9-19(15)21)14-25-20(22-2)24-13-16-4-7-18(8-5-16)23-10-11-26-3/h4-9,12,23H,10-11,13-14H2,1-3H3,(H2,22,24,25). The maximum Gasteiger partial charge on any atom is 0.191 e. The minimum absolute atomic E-state index is 0.184. The van der Waals surface area contributed by atoms with E-state index < -0.39 is 0 Å². The number of aliphatic imine (C=N–C) groups is 1. The van der Waals surface area contributed by atoms with Crippen LogP contribution in [-0.4, -0.2) is 33.3 Å². The van der Waals surface area contributed by atoms with Gasteiger partial charge in [0.05, 0.1) is 6.61 Å². The first-order valence-corrected chi connectivity index (χ1v) is 8.63. The molecule has 0 unspecified atom stereocenters. The second-order valence-electron chi connectivity index (χ2n) is 5.98. The summed E-state index contributed by atoms with van der Waals surface area (Å²) < 4.78 is 18.3. The van der Waals surface area contributed by atoms with Crippen molar-refractivity contribution in [1.82, 2.24) is 10.6 Å². The predicted octanol–water partition coefficient (Wildman–Crippen LogP) is 3.06. The zero-order chi connectivity index (χ0) is 18.8. The average Bonchev–Trinajstić information content (AvgIpc) is 2.66. The molecule has 5 nitrogen and oxygen atoms in total. The van der Waals surface area contributed by atoms with Gasteiger partial charge in [0.15, 0.2) is 5.96 Å². The number of aryl methyl sites for hydroxylation is 1. The molecule has 2 aromatic rings. The zero-order valence-electron chi connectivity index (χ0n) is 15.6. The van der Waals surface area contributed by atoms with Crippen LogP contribution >= 0.6 is 0 Å². The van der Waals surface area contributed by atoms with Gasteiger partial charge in [-0.15, -0.1) is 0 Å². The van der Waals surface area contributed by atoms with Crippen molar-refractivity contribution in [3.05, 3.63) is 65.0 Å². The average molecular weight is 358 g/mol. The quantitative estimate of drug-likeness (QED) is 0.386. The molecule has 0 radical (unpaired) electrons. The first-order valence-electron chi connectivity index (χ1n) is 8.63. The number of anilines is 1. The molecule has 2 rings (SSSR count). The van der Waals surface area contributed by atoms with Gasteiger partial charge in [0.25, 0.3) is 0 Å². The third-order valence-corrected chi connectivity index (χ3v) is 3.96. The molecule has 0 heterocycles. The number of methoxy groups -OCH3 is 1. The maximum atomic E-state index is 13.3. The van der Waals surface area contributed by atoms with E-state index in [0.717, 1.165) is 23.4 Å². The number of benzene rings is 2. The van der Waals surface area contributed by atoms with Crippen LogP contribution in [0.2, 0.25) is 0 Å². The van der Waals surface area contributed by atoms with E-state index in [-0.39, 0.29) is 5.82 Å². The highest BCUT2D eigenvalue weighted by molar-refractivity contribution is 5.79. The molecule has 3 N–H and O–H groups in total. The molecule has 0 aliphatic carbocycles. The molecule has 0 amide bonds. The largest absolute Gasteiger partial charge is 0.383 e. The van der Waals surface area contributed by atoms with Crippen molar-refractivity contribution in [3.8, 4) is 0 Å². The Balaban J connectivity index is 1.80. The fraction of sp³-hybridized carbons (Fsp3) is 0.350. The molecule has 0 saturated heterocycles. The van der Waals surface area contributed by atoms with Crippen molar-refractivity contribution in [2.75, 3.05) is 32.6 Å². The van der Waals surface area contributed by atoms with Gasteiger partial charge >= 0.3 is 0 Å². The summed E-state index contributed by atoms with van der Waals surface area (Å²) in [5.41, 5.74) is 3.88. The van der Waals surface area contributed by atoms with E-state index in [2.05, 4.69) is 33.1 Å². The third kappa shape index (κ3) is 6.37. The first kappa shape index (κ1) is 19.7. The van der Waals surface area contributed by atoms with Crippen LogP contribution in [0.5, 0.6) is 0 Å². The summed E-state index contributed by atoms with van der Waals surface area (Å²) in [6.07, 6.45) is 0. The highest BCUT2D eigenvalue weighted by atomic mass is 19.1. The Bertz CT molecular complexity index is 716. The Hall–Kier alpha value is -2.60. The minimum atomic E-state index is -0.184. The van der Waals surface area contributed by atoms with Crippen molar-refractivity contribution in [2.45, 2.75) is 20.0 Å². The van der Waals surface area contributed by atoms with Crippen molar-refractivity contribution in [1.29, 1.82) is 0 Å². The summed E-state index contributed by atoms with van der Waals surface area (Å²) in [6, 6.07) is 13.3. The number of nitrogens with one attached hydrogen (secondary N) is 3. The van der Waals surface area contributed by atoms with Crippen molar-refractivity contribution >= 4 is 11.6 Å². The molecule has 0 spiro atoms. The molecule has 0 aliphatic heterocycles. The lowest BCUT2D eigenvalue weighted by Gasteiger charge is -2.13. The van der Waals surface area contributed by atoms with Crippen LogP contribution < -0.4 is 16.0 Å². The van der Waals surface area contributed by atoms with Crippen LogP contribution in [0.1, 0.15) is 16.7 Å². The molecular formula is C20H27FN4O. The van der Waals surface area contributed by atoms with Gasteiger partial charge in [-0.2, -0.15) is 0 Å². The predicted molar refractivity (Wildman–Crippen MR) is 105 cm³/mol. The Kier molecular flexibility index (Phi) is 7.89. The van der Waals surface area contributed by atoms with Crippen LogP contribution in [0.25, 0.3) is 0 Å². The van der Waals surface area contributed by atoms with Crippen LogP contribution in [0.15, 0.2) is 47.5 Å². The SMILES string of the molecule is CN=C(NCc1ccc(NCCOC)cc1)NCc1ccc(F)c(C)c1. The first-order chi connectivity index (χ1) is 12.6. The van der Waals surface area contributed by atoms with Crippen LogP contribution in [0, 0.1) is 12.7 Å². The van der Waals surface area contributed by atoms with E-state index in [1.165, 1.54) is 6.07 Å². The van der Waals surface area contributed by atoms with Gasteiger partial charge in [-0.3, -0.25) is 4.99 Å². The lowest BCUT2D eigenvalue weighted by atomic mass is 10.1. The van der Waals surface area contributed by atoms with Crippen LogP contribution in [0.4, 0.5) is 10.1 Å². The summed E-state index contributed by atoms with van der Waals surface area (Å²) in [6.45, 7) is 4.48. The summed E-state index contributed by atoms with van der Waals surface area (Å²) in [4.78, 5) is 4.22.